The van der Waals surface area contributed by atoms with Crippen LogP contribution in [0, 0.1) is 17.1 Å². The minimum Gasteiger partial charge on any atom is -0.352 e. The first-order valence-corrected chi connectivity index (χ1v) is 8.75. The second kappa shape index (κ2) is 7.04. The van der Waals surface area contributed by atoms with E-state index in [0.717, 1.165) is 10.9 Å². The van der Waals surface area contributed by atoms with Gasteiger partial charge in [0.2, 0.25) is 0 Å². The number of pyridine rings is 1. The number of aromatic nitrogens is 1. The number of benzene rings is 2. The number of hydrogen-bond donors (Lipinski definition) is 0. The van der Waals surface area contributed by atoms with Gasteiger partial charge >= 0.3 is 0 Å². The molecule has 6 heteroatoms. The van der Waals surface area contributed by atoms with Crippen LogP contribution in [0.15, 0.2) is 54.6 Å². The number of halogens is 1. The summed E-state index contributed by atoms with van der Waals surface area (Å²) in [5.74, 6) is 0.0497. The molecule has 0 radical (unpaired) electrons. The first-order valence-electron chi connectivity index (χ1n) is 8.75. The number of nitrogens with zero attached hydrogens (tertiary/aromatic N) is 4. The van der Waals surface area contributed by atoms with E-state index in [9.17, 15) is 14.4 Å². The SMILES string of the molecule is N#Cc1cc2ccccc2nc1N1CCN(C(=O)c2cccc(F)c2)CC1. The molecule has 1 aliphatic heterocycles. The summed E-state index contributed by atoms with van der Waals surface area (Å²) >= 11 is 0. The first-order chi connectivity index (χ1) is 13.2. The van der Waals surface area contributed by atoms with E-state index >= 15 is 0 Å². The van der Waals surface area contributed by atoms with Crippen LogP contribution in [0.4, 0.5) is 10.2 Å². The highest BCUT2D eigenvalue weighted by Crippen LogP contribution is 2.24. The molecule has 0 bridgehead atoms. The Hall–Kier alpha value is -3.46. The molecule has 0 unspecified atom stereocenters. The molecule has 1 fully saturated rings. The average Bonchev–Trinajstić information content (AvgIpc) is 2.72. The molecule has 2 heterocycles. The van der Waals surface area contributed by atoms with Gasteiger partial charge in [-0.2, -0.15) is 5.26 Å². The van der Waals surface area contributed by atoms with Crippen LogP contribution in [0.3, 0.4) is 0 Å². The molecule has 4 rings (SSSR count). The maximum Gasteiger partial charge on any atom is 0.254 e. The Morgan fingerprint density at radius 3 is 2.56 bits per heavy atom. The molecule has 3 aromatic rings. The molecule has 134 valence electrons. The number of hydrogen-bond acceptors (Lipinski definition) is 4. The lowest BCUT2D eigenvalue weighted by Gasteiger charge is -2.35. The van der Waals surface area contributed by atoms with Gasteiger partial charge in [-0.3, -0.25) is 4.79 Å². The van der Waals surface area contributed by atoms with E-state index in [1.54, 1.807) is 11.0 Å². The van der Waals surface area contributed by atoms with Gasteiger partial charge in [-0.15, -0.1) is 0 Å². The Bertz CT molecular complexity index is 1050. The van der Waals surface area contributed by atoms with Crippen LogP contribution in [0.25, 0.3) is 10.9 Å². The molecule has 0 aliphatic carbocycles. The van der Waals surface area contributed by atoms with Crippen LogP contribution in [0.5, 0.6) is 0 Å². The van der Waals surface area contributed by atoms with Crippen LogP contribution >= 0.6 is 0 Å². The topological polar surface area (TPSA) is 60.2 Å². The third kappa shape index (κ3) is 3.32. The van der Waals surface area contributed by atoms with Gasteiger partial charge in [0, 0.05) is 37.1 Å². The van der Waals surface area contributed by atoms with Gasteiger partial charge in [-0.05, 0) is 30.3 Å². The standard InChI is InChI=1S/C21H17FN4O/c22-18-6-3-5-16(13-18)21(27)26-10-8-25(9-11-26)20-17(14-23)12-15-4-1-2-7-19(15)24-20/h1-7,12-13H,8-11H2. The summed E-state index contributed by atoms with van der Waals surface area (Å²) in [6.07, 6.45) is 0. The maximum absolute atomic E-state index is 13.4. The van der Waals surface area contributed by atoms with E-state index in [0.29, 0.717) is 43.1 Å². The van der Waals surface area contributed by atoms with E-state index in [4.69, 9.17) is 0 Å². The molecule has 0 atom stereocenters. The van der Waals surface area contributed by atoms with Crippen molar-refractivity contribution in [1.82, 2.24) is 9.88 Å². The zero-order valence-corrected chi connectivity index (χ0v) is 14.6. The monoisotopic (exact) mass is 360 g/mol. The Labute approximate surface area is 156 Å². The lowest BCUT2D eigenvalue weighted by Crippen LogP contribution is -2.49. The van der Waals surface area contributed by atoms with Crippen LogP contribution in [0.2, 0.25) is 0 Å². The molecule has 1 aromatic heterocycles. The number of piperazine rings is 1. The third-order valence-electron chi connectivity index (χ3n) is 4.76. The van der Waals surface area contributed by atoms with Gasteiger partial charge in [-0.1, -0.05) is 24.3 Å². The molecule has 1 amide bonds. The van der Waals surface area contributed by atoms with Crippen molar-refractivity contribution in [2.45, 2.75) is 0 Å². The molecule has 27 heavy (non-hydrogen) atoms. The summed E-state index contributed by atoms with van der Waals surface area (Å²) in [6, 6.07) is 17.5. The van der Waals surface area contributed by atoms with Gasteiger partial charge in [0.05, 0.1) is 11.1 Å². The molecule has 5 nitrogen and oxygen atoms in total. The lowest BCUT2D eigenvalue weighted by atomic mass is 10.1. The zero-order valence-electron chi connectivity index (χ0n) is 14.6. The lowest BCUT2D eigenvalue weighted by molar-refractivity contribution is 0.0746. The van der Waals surface area contributed by atoms with Crippen LogP contribution < -0.4 is 4.90 Å². The Kier molecular flexibility index (Phi) is 4.43. The van der Waals surface area contributed by atoms with Gasteiger partial charge in [-0.25, -0.2) is 9.37 Å². The van der Waals surface area contributed by atoms with Crippen molar-refractivity contribution < 1.29 is 9.18 Å². The van der Waals surface area contributed by atoms with Crippen molar-refractivity contribution in [3.05, 3.63) is 71.5 Å². The fourth-order valence-electron chi connectivity index (χ4n) is 3.35. The van der Waals surface area contributed by atoms with E-state index in [-0.39, 0.29) is 5.91 Å². The number of fused-ring (bicyclic) bond motifs is 1. The number of anilines is 1. The summed E-state index contributed by atoms with van der Waals surface area (Å²) in [4.78, 5) is 21.0. The van der Waals surface area contributed by atoms with Crippen molar-refractivity contribution >= 4 is 22.6 Å². The molecular formula is C21H17FN4O. The summed E-state index contributed by atoms with van der Waals surface area (Å²) < 4.78 is 13.4. The Morgan fingerprint density at radius 2 is 1.81 bits per heavy atom. The van der Waals surface area contributed by atoms with E-state index < -0.39 is 5.82 Å². The molecule has 0 N–H and O–H groups in total. The minimum atomic E-state index is -0.418. The van der Waals surface area contributed by atoms with Crippen molar-refractivity contribution in [3.8, 4) is 6.07 Å². The number of amides is 1. The quantitative estimate of drug-likeness (QED) is 0.704. The highest BCUT2D eigenvalue weighted by Gasteiger charge is 2.24. The summed E-state index contributed by atoms with van der Waals surface area (Å²) in [7, 11) is 0. The number of carbonyl (C=O) groups is 1. The van der Waals surface area contributed by atoms with Gasteiger partial charge < -0.3 is 9.80 Å². The predicted molar refractivity (Wildman–Crippen MR) is 101 cm³/mol. The van der Waals surface area contributed by atoms with Crippen LogP contribution in [0.1, 0.15) is 15.9 Å². The van der Waals surface area contributed by atoms with E-state index in [1.165, 1.54) is 18.2 Å². The number of rotatable bonds is 2. The molecule has 0 spiro atoms. The molecular weight excluding hydrogens is 343 g/mol. The van der Waals surface area contributed by atoms with Crippen molar-refractivity contribution in [2.75, 3.05) is 31.1 Å². The second-order valence-corrected chi connectivity index (χ2v) is 6.45. The summed E-state index contributed by atoms with van der Waals surface area (Å²) in [5, 5.41) is 10.4. The van der Waals surface area contributed by atoms with Crippen molar-refractivity contribution in [2.24, 2.45) is 0 Å². The first kappa shape index (κ1) is 17.0. The molecule has 0 saturated carbocycles. The van der Waals surface area contributed by atoms with E-state index in [1.807, 2.05) is 35.2 Å². The van der Waals surface area contributed by atoms with Crippen molar-refractivity contribution in [3.63, 3.8) is 0 Å². The molecule has 1 aliphatic rings. The number of nitriles is 1. The fraction of sp³-hybridized carbons (Fsp3) is 0.190. The maximum atomic E-state index is 13.4. The van der Waals surface area contributed by atoms with Crippen LogP contribution in [-0.2, 0) is 0 Å². The smallest absolute Gasteiger partial charge is 0.254 e. The summed E-state index contributed by atoms with van der Waals surface area (Å²) in [5.41, 5.74) is 1.72. The fourth-order valence-corrected chi connectivity index (χ4v) is 3.35. The minimum absolute atomic E-state index is 0.180. The molecule has 2 aromatic carbocycles. The number of para-hydroxylation sites is 1. The predicted octanol–water partition coefficient (Wildman–Crippen LogP) is 3.21. The van der Waals surface area contributed by atoms with Gasteiger partial charge in [0.15, 0.2) is 0 Å². The highest BCUT2D eigenvalue weighted by atomic mass is 19.1. The Morgan fingerprint density at radius 1 is 1.04 bits per heavy atom. The highest BCUT2D eigenvalue weighted by molar-refractivity contribution is 5.94. The number of carbonyl (C=O) groups excluding carboxylic acids is 1. The largest absolute Gasteiger partial charge is 0.352 e. The normalized spacial score (nSPS) is 14.2. The van der Waals surface area contributed by atoms with Crippen molar-refractivity contribution in [1.29, 1.82) is 5.26 Å². The molecule has 1 saturated heterocycles. The Balaban J connectivity index is 1.53. The summed E-state index contributed by atoms with van der Waals surface area (Å²) in [6.45, 7) is 2.13. The zero-order chi connectivity index (χ0) is 18.8. The second-order valence-electron chi connectivity index (χ2n) is 6.45. The average molecular weight is 360 g/mol. The van der Waals surface area contributed by atoms with E-state index in [2.05, 4.69) is 11.1 Å². The van der Waals surface area contributed by atoms with Gasteiger partial charge in [0.1, 0.15) is 17.7 Å². The van der Waals surface area contributed by atoms with Gasteiger partial charge in [0.25, 0.3) is 5.91 Å². The van der Waals surface area contributed by atoms with Crippen LogP contribution in [-0.4, -0.2) is 42.0 Å². The third-order valence-corrected chi connectivity index (χ3v) is 4.76.